The maximum atomic E-state index is 13.7. The Bertz CT molecular complexity index is 1090. The van der Waals surface area contributed by atoms with Gasteiger partial charge in [-0.3, -0.25) is 14.5 Å². The predicted octanol–water partition coefficient (Wildman–Crippen LogP) is 3.66. The summed E-state index contributed by atoms with van der Waals surface area (Å²) in [5.74, 6) is 0.444. The van der Waals surface area contributed by atoms with Gasteiger partial charge in [0.25, 0.3) is 11.8 Å². The van der Waals surface area contributed by atoms with E-state index in [1.54, 1.807) is 32.4 Å². The highest BCUT2D eigenvalue weighted by molar-refractivity contribution is 6.36. The Hall–Kier alpha value is -3.32. The van der Waals surface area contributed by atoms with E-state index in [1.807, 2.05) is 36.9 Å². The van der Waals surface area contributed by atoms with Crippen LogP contribution < -0.4 is 14.4 Å². The number of rotatable bonds is 8. The zero-order valence-corrected chi connectivity index (χ0v) is 19.6. The van der Waals surface area contributed by atoms with Gasteiger partial charge in [0.2, 0.25) is 0 Å². The average molecular weight is 451 g/mol. The third-order valence-electron chi connectivity index (χ3n) is 5.96. The van der Waals surface area contributed by atoms with E-state index in [1.165, 1.54) is 10.5 Å². The largest absolute Gasteiger partial charge is 0.493 e. The van der Waals surface area contributed by atoms with Crippen LogP contribution in [0.4, 0.5) is 5.69 Å². The molecular formula is C26H30N2O5. The van der Waals surface area contributed by atoms with Gasteiger partial charge in [0.15, 0.2) is 11.5 Å². The van der Waals surface area contributed by atoms with E-state index in [4.69, 9.17) is 14.2 Å². The fraction of sp³-hybridized carbons (Fsp3) is 0.385. The Kier molecular flexibility index (Phi) is 6.70. The minimum Gasteiger partial charge on any atom is -0.493 e. The Morgan fingerprint density at radius 1 is 0.970 bits per heavy atom. The summed E-state index contributed by atoms with van der Waals surface area (Å²) < 4.78 is 16.5. The minimum absolute atomic E-state index is 0.0181. The van der Waals surface area contributed by atoms with Crippen LogP contribution in [0, 0.1) is 0 Å². The quantitative estimate of drug-likeness (QED) is 0.572. The molecule has 2 amide bonds. The van der Waals surface area contributed by atoms with Gasteiger partial charge >= 0.3 is 0 Å². The molecule has 7 nitrogen and oxygen atoms in total. The number of fused-ring (bicyclic) bond motifs is 1. The lowest BCUT2D eigenvalue weighted by atomic mass is 9.98. The second kappa shape index (κ2) is 9.67. The van der Waals surface area contributed by atoms with Crippen molar-refractivity contribution < 1.29 is 23.8 Å². The van der Waals surface area contributed by atoms with Crippen LogP contribution in [0.2, 0.25) is 0 Å². The number of para-hydroxylation sites is 1. The third-order valence-corrected chi connectivity index (χ3v) is 5.96. The molecule has 0 saturated carbocycles. The SMILES string of the molecule is COc1ccc(C2=C(N3CCCc4ccccc43)C(=O)N(CCOC(C)C)C2=O)cc1OC. The number of hydrogen-bond acceptors (Lipinski definition) is 6. The van der Waals surface area contributed by atoms with Crippen molar-refractivity contribution in [2.75, 3.05) is 38.8 Å². The highest BCUT2D eigenvalue weighted by Crippen LogP contribution is 2.39. The zero-order chi connectivity index (χ0) is 23.5. The highest BCUT2D eigenvalue weighted by atomic mass is 16.5. The Labute approximate surface area is 194 Å². The van der Waals surface area contributed by atoms with Crippen LogP contribution in [0.25, 0.3) is 5.57 Å². The van der Waals surface area contributed by atoms with Crippen molar-refractivity contribution in [1.29, 1.82) is 0 Å². The van der Waals surface area contributed by atoms with Crippen LogP contribution in [-0.4, -0.2) is 56.7 Å². The molecule has 2 aromatic rings. The predicted molar refractivity (Wildman–Crippen MR) is 126 cm³/mol. The third kappa shape index (κ3) is 4.33. The first-order valence-electron chi connectivity index (χ1n) is 11.3. The molecule has 0 aliphatic carbocycles. The zero-order valence-electron chi connectivity index (χ0n) is 19.6. The Balaban J connectivity index is 1.82. The maximum absolute atomic E-state index is 13.7. The molecule has 0 fully saturated rings. The lowest BCUT2D eigenvalue weighted by Gasteiger charge is -2.32. The molecule has 0 saturated heterocycles. The summed E-state index contributed by atoms with van der Waals surface area (Å²) in [5.41, 5.74) is 3.55. The first-order chi connectivity index (χ1) is 16.0. The summed E-state index contributed by atoms with van der Waals surface area (Å²) in [6.07, 6.45) is 1.86. The van der Waals surface area contributed by atoms with Gasteiger partial charge in [0.1, 0.15) is 5.70 Å². The molecule has 2 aliphatic rings. The van der Waals surface area contributed by atoms with Crippen molar-refractivity contribution in [2.24, 2.45) is 0 Å². The van der Waals surface area contributed by atoms with Gasteiger partial charge in [-0.1, -0.05) is 24.3 Å². The molecule has 4 rings (SSSR count). The van der Waals surface area contributed by atoms with Crippen molar-refractivity contribution in [1.82, 2.24) is 4.90 Å². The Morgan fingerprint density at radius 3 is 2.45 bits per heavy atom. The monoisotopic (exact) mass is 450 g/mol. The van der Waals surface area contributed by atoms with Gasteiger partial charge in [-0.25, -0.2) is 0 Å². The number of carbonyl (C=O) groups is 2. The number of anilines is 1. The molecule has 0 spiro atoms. The molecule has 2 aliphatic heterocycles. The first kappa shape index (κ1) is 22.9. The number of amides is 2. The van der Waals surface area contributed by atoms with E-state index < -0.39 is 0 Å². The highest BCUT2D eigenvalue weighted by Gasteiger charge is 2.42. The van der Waals surface area contributed by atoms with E-state index in [0.29, 0.717) is 34.9 Å². The second-order valence-corrected chi connectivity index (χ2v) is 8.36. The molecule has 2 aromatic carbocycles. The molecule has 0 N–H and O–H groups in total. The van der Waals surface area contributed by atoms with Gasteiger partial charge < -0.3 is 19.1 Å². The number of imide groups is 1. The molecule has 0 aromatic heterocycles. The molecule has 2 heterocycles. The van der Waals surface area contributed by atoms with Crippen LogP contribution in [0.3, 0.4) is 0 Å². The standard InChI is InChI=1S/C26H30N2O5/c1-17(2)33-15-14-28-25(29)23(19-11-12-21(31-3)22(16-19)32-4)24(26(28)30)27-13-7-9-18-8-5-6-10-20(18)27/h5-6,8,10-12,16-17H,7,9,13-15H2,1-4H3. The summed E-state index contributed by atoms with van der Waals surface area (Å²) >= 11 is 0. The number of ether oxygens (including phenoxy) is 3. The molecule has 174 valence electrons. The second-order valence-electron chi connectivity index (χ2n) is 8.36. The lowest BCUT2D eigenvalue weighted by molar-refractivity contribution is -0.138. The molecule has 0 unspecified atom stereocenters. The van der Waals surface area contributed by atoms with Crippen LogP contribution in [0.1, 0.15) is 31.4 Å². The van der Waals surface area contributed by atoms with Gasteiger partial charge in [-0.15, -0.1) is 0 Å². The number of nitrogens with zero attached hydrogens (tertiary/aromatic N) is 2. The first-order valence-corrected chi connectivity index (χ1v) is 11.3. The van der Waals surface area contributed by atoms with E-state index in [9.17, 15) is 9.59 Å². The van der Waals surface area contributed by atoms with Crippen LogP contribution >= 0.6 is 0 Å². The molecule has 0 atom stereocenters. The normalized spacial score (nSPS) is 16.0. The summed E-state index contributed by atoms with van der Waals surface area (Å²) in [6.45, 7) is 5.01. The van der Waals surface area contributed by atoms with Crippen LogP contribution in [-0.2, 0) is 20.7 Å². The number of carbonyl (C=O) groups excluding carboxylic acids is 2. The fourth-order valence-electron chi connectivity index (χ4n) is 4.41. The Morgan fingerprint density at radius 2 is 1.73 bits per heavy atom. The van der Waals surface area contributed by atoms with Gasteiger partial charge in [-0.05, 0) is 56.0 Å². The van der Waals surface area contributed by atoms with Crippen molar-refractivity contribution >= 4 is 23.1 Å². The van der Waals surface area contributed by atoms with Crippen molar-refractivity contribution in [3.05, 3.63) is 59.3 Å². The molecule has 0 radical (unpaired) electrons. The van der Waals surface area contributed by atoms with E-state index >= 15 is 0 Å². The van der Waals surface area contributed by atoms with E-state index in [2.05, 4.69) is 6.07 Å². The smallest absolute Gasteiger partial charge is 0.278 e. The van der Waals surface area contributed by atoms with Gasteiger partial charge in [0.05, 0.1) is 39.0 Å². The minimum atomic E-state index is -0.322. The summed E-state index contributed by atoms with van der Waals surface area (Å²) in [7, 11) is 3.11. The number of benzene rings is 2. The molecular weight excluding hydrogens is 420 g/mol. The number of aryl methyl sites for hydroxylation is 1. The molecule has 0 bridgehead atoms. The molecule has 33 heavy (non-hydrogen) atoms. The van der Waals surface area contributed by atoms with Crippen LogP contribution in [0.5, 0.6) is 11.5 Å². The lowest BCUT2D eigenvalue weighted by Crippen LogP contribution is -2.39. The van der Waals surface area contributed by atoms with Gasteiger partial charge in [-0.2, -0.15) is 0 Å². The topological polar surface area (TPSA) is 68.3 Å². The summed E-state index contributed by atoms with van der Waals surface area (Å²) in [4.78, 5) is 30.5. The summed E-state index contributed by atoms with van der Waals surface area (Å²) in [6, 6.07) is 13.4. The number of hydrogen-bond donors (Lipinski definition) is 0. The van der Waals surface area contributed by atoms with E-state index in [-0.39, 0.29) is 31.1 Å². The number of methoxy groups -OCH3 is 2. The maximum Gasteiger partial charge on any atom is 0.278 e. The fourth-order valence-corrected chi connectivity index (χ4v) is 4.41. The van der Waals surface area contributed by atoms with Crippen LogP contribution in [0.15, 0.2) is 48.2 Å². The van der Waals surface area contributed by atoms with Gasteiger partial charge in [0, 0.05) is 12.2 Å². The van der Waals surface area contributed by atoms with Crippen molar-refractivity contribution in [3.63, 3.8) is 0 Å². The molecule has 7 heteroatoms. The average Bonchev–Trinajstić information content (AvgIpc) is 3.07. The van der Waals surface area contributed by atoms with Crippen molar-refractivity contribution in [2.45, 2.75) is 32.8 Å². The van der Waals surface area contributed by atoms with E-state index in [0.717, 1.165) is 18.5 Å². The summed E-state index contributed by atoms with van der Waals surface area (Å²) in [5, 5.41) is 0. The van der Waals surface area contributed by atoms with Crippen molar-refractivity contribution in [3.8, 4) is 11.5 Å².